The van der Waals surface area contributed by atoms with Gasteiger partial charge in [-0.1, -0.05) is 12.1 Å². The minimum Gasteiger partial charge on any atom is -0.494 e. The molecule has 5 nitrogen and oxygen atoms in total. The Bertz CT molecular complexity index is 815. The minimum atomic E-state index is -0.0399. The lowest BCUT2D eigenvalue weighted by Gasteiger charge is -2.34. The van der Waals surface area contributed by atoms with Gasteiger partial charge in [0.25, 0.3) is 5.91 Å². The SMILES string of the molecule is CCOc1ccc(C(=O)NC2CCN(C(=S)Nc3cccc(C)c3)CC2)cc1. The average Bonchev–Trinajstić information content (AvgIpc) is 2.69. The monoisotopic (exact) mass is 397 g/mol. The van der Waals surface area contributed by atoms with Crippen molar-refractivity contribution in [2.75, 3.05) is 25.0 Å². The van der Waals surface area contributed by atoms with Crippen LogP contribution >= 0.6 is 12.2 Å². The molecule has 0 unspecified atom stereocenters. The summed E-state index contributed by atoms with van der Waals surface area (Å²) in [5, 5.41) is 7.18. The number of likely N-dealkylation sites (tertiary alicyclic amines) is 1. The summed E-state index contributed by atoms with van der Waals surface area (Å²) in [5.74, 6) is 0.740. The Morgan fingerprint density at radius 1 is 1.18 bits per heavy atom. The highest BCUT2D eigenvalue weighted by Gasteiger charge is 2.22. The molecule has 1 aliphatic rings. The lowest BCUT2D eigenvalue weighted by Crippen LogP contribution is -2.47. The quantitative estimate of drug-likeness (QED) is 0.748. The largest absolute Gasteiger partial charge is 0.494 e. The van der Waals surface area contributed by atoms with Gasteiger partial charge in [0.2, 0.25) is 0 Å². The van der Waals surface area contributed by atoms with E-state index in [0.29, 0.717) is 12.2 Å². The lowest BCUT2D eigenvalue weighted by molar-refractivity contribution is 0.0922. The summed E-state index contributed by atoms with van der Waals surface area (Å²) in [4.78, 5) is 14.6. The number of aryl methyl sites for hydroxylation is 1. The van der Waals surface area contributed by atoms with Crippen LogP contribution in [0, 0.1) is 6.92 Å². The molecule has 3 rings (SSSR count). The third-order valence-corrected chi connectivity index (χ3v) is 5.17. The first kappa shape index (κ1) is 20.1. The second-order valence-electron chi connectivity index (χ2n) is 6.99. The van der Waals surface area contributed by atoms with E-state index in [0.717, 1.165) is 42.5 Å². The first-order valence-electron chi connectivity index (χ1n) is 9.71. The molecule has 0 atom stereocenters. The molecule has 0 radical (unpaired) electrons. The van der Waals surface area contributed by atoms with Crippen molar-refractivity contribution in [3.8, 4) is 5.75 Å². The average molecular weight is 398 g/mol. The van der Waals surface area contributed by atoms with E-state index in [-0.39, 0.29) is 11.9 Å². The Labute approximate surface area is 172 Å². The van der Waals surface area contributed by atoms with Gasteiger partial charge in [-0.2, -0.15) is 0 Å². The summed E-state index contributed by atoms with van der Waals surface area (Å²) in [7, 11) is 0. The lowest BCUT2D eigenvalue weighted by atomic mass is 10.0. The highest BCUT2D eigenvalue weighted by molar-refractivity contribution is 7.80. The number of piperidine rings is 1. The van der Waals surface area contributed by atoms with Crippen LogP contribution in [-0.4, -0.2) is 41.7 Å². The topological polar surface area (TPSA) is 53.6 Å². The highest BCUT2D eigenvalue weighted by atomic mass is 32.1. The number of nitrogens with zero attached hydrogens (tertiary/aromatic N) is 1. The molecular weight excluding hydrogens is 370 g/mol. The van der Waals surface area contributed by atoms with Gasteiger partial charge in [0.05, 0.1) is 6.61 Å². The van der Waals surface area contributed by atoms with Crippen molar-refractivity contribution >= 4 is 28.9 Å². The third-order valence-electron chi connectivity index (χ3n) is 4.81. The van der Waals surface area contributed by atoms with E-state index in [1.807, 2.05) is 31.2 Å². The van der Waals surface area contributed by atoms with Gasteiger partial charge in [-0.25, -0.2) is 0 Å². The molecule has 1 amide bonds. The molecule has 0 aliphatic carbocycles. The molecule has 1 aliphatic heterocycles. The normalized spacial score (nSPS) is 14.4. The second kappa shape index (κ2) is 9.55. The highest BCUT2D eigenvalue weighted by Crippen LogP contribution is 2.16. The molecule has 1 fully saturated rings. The van der Waals surface area contributed by atoms with Crippen LogP contribution in [0.25, 0.3) is 0 Å². The fourth-order valence-electron chi connectivity index (χ4n) is 3.29. The standard InChI is InChI=1S/C22H27N3O2S/c1-3-27-20-9-7-17(8-10-20)21(26)23-18-11-13-25(14-12-18)22(28)24-19-6-4-5-16(2)15-19/h4-10,15,18H,3,11-14H2,1-2H3,(H,23,26)(H,24,28). The summed E-state index contributed by atoms with van der Waals surface area (Å²) in [6.07, 6.45) is 1.75. The molecule has 0 aromatic heterocycles. The summed E-state index contributed by atoms with van der Waals surface area (Å²) in [6, 6.07) is 15.6. The van der Waals surface area contributed by atoms with E-state index in [2.05, 4.69) is 34.6 Å². The molecule has 1 saturated heterocycles. The van der Waals surface area contributed by atoms with E-state index >= 15 is 0 Å². The zero-order valence-corrected chi connectivity index (χ0v) is 17.2. The van der Waals surface area contributed by atoms with E-state index in [1.54, 1.807) is 12.1 Å². The maximum Gasteiger partial charge on any atom is 0.251 e. The van der Waals surface area contributed by atoms with Crippen molar-refractivity contribution in [1.29, 1.82) is 0 Å². The van der Waals surface area contributed by atoms with Crippen LogP contribution in [-0.2, 0) is 0 Å². The van der Waals surface area contributed by atoms with Gasteiger partial charge in [0, 0.05) is 30.4 Å². The van der Waals surface area contributed by atoms with E-state index in [9.17, 15) is 4.79 Å². The van der Waals surface area contributed by atoms with Crippen LogP contribution in [0.3, 0.4) is 0 Å². The fourth-order valence-corrected chi connectivity index (χ4v) is 3.59. The minimum absolute atomic E-state index is 0.0399. The van der Waals surface area contributed by atoms with Gasteiger partial charge in [0.1, 0.15) is 5.75 Å². The number of hydrogen-bond donors (Lipinski definition) is 2. The number of carbonyl (C=O) groups is 1. The Kier molecular flexibility index (Phi) is 6.87. The third kappa shape index (κ3) is 5.45. The molecule has 2 aromatic carbocycles. The molecule has 148 valence electrons. The second-order valence-corrected chi connectivity index (χ2v) is 7.38. The molecular formula is C22H27N3O2S. The van der Waals surface area contributed by atoms with Crippen LogP contribution in [0.5, 0.6) is 5.75 Å². The predicted molar refractivity (Wildman–Crippen MR) is 117 cm³/mol. The summed E-state index contributed by atoms with van der Waals surface area (Å²) < 4.78 is 5.42. The fraction of sp³-hybridized carbons (Fsp3) is 0.364. The number of amides is 1. The van der Waals surface area contributed by atoms with E-state index in [4.69, 9.17) is 17.0 Å². The summed E-state index contributed by atoms with van der Waals surface area (Å²) >= 11 is 5.55. The molecule has 0 spiro atoms. The van der Waals surface area contributed by atoms with Gasteiger partial charge in [-0.3, -0.25) is 4.79 Å². The van der Waals surface area contributed by atoms with Crippen LogP contribution in [0.1, 0.15) is 35.7 Å². The maximum atomic E-state index is 12.5. The molecule has 2 N–H and O–H groups in total. The molecule has 28 heavy (non-hydrogen) atoms. The number of benzene rings is 2. The Hall–Kier alpha value is -2.60. The predicted octanol–water partition coefficient (Wildman–Crippen LogP) is 3.98. The molecule has 0 saturated carbocycles. The Morgan fingerprint density at radius 3 is 2.54 bits per heavy atom. The Balaban J connectivity index is 1.46. The van der Waals surface area contributed by atoms with Gasteiger partial charge in [-0.15, -0.1) is 0 Å². The number of anilines is 1. The smallest absolute Gasteiger partial charge is 0.251 e. The van der Waals surface area contributed by atoms with Gasteiger partial charge in [0.15, 0.2) is 5.11 Å². The van der Waals surface area contributed by atoms with Gasteiger partial charge in [-0.05, 0) is 80.9 Å². The number of rotatable bonds is 5. The number of nitrogens with one attached hydrogen (secondary N) is 2. The first-order chi connectivity index (χ1) is 13.5. The number of thiocarbonyl (C=S) groups is 1. The number of carbonyl (C=O) groups excluding carboxylic acids is 1. The molecule has 1 heterocycles. The van der Waals surface area contributed by atoms with Crippen molar-refractivity contribution in [3.63, 3.8) is 0 Å². The van der Waals surface area contributed by atoms with Crippen LogP contribution in [0.4, 0.5) is 5.69 Å². The van der Waals surface area contributed by atoms with Crippen molar-refractivity contribution in [3.05, 3.63) is 59.7 Å². The number of ether oxygens (including phenoxy) is 1. The van der Waals surface area contributed by atoms with E-state index in [1.165, 1.54) is 5.56 Å². The van der Waals surface area contributed by atoms with Gasteiger partial charge >= 0.3 is 0 Å². The van der Waals surface area contributed by atoms with Crippen molar-refractivity contribution < 1.29 is 9.53 Å². The summed E-state index contributed by atoms with van der Waals surface area (Å²) in [5.41, 5.74) is 2.86. The van der Waals surface area contributed by atoms with Crippen LogP contribution in [0.15, 0.2) is 48.5 Å². The zero-order chi connectivity index (χ0) is 19.9. The van der Waals surface area contributed by atoms with E-state index < -0.39 is 0 Å². The van der Waals surface area contributed by atoms with Crippen LogP contribution in [0.2, 0.25) is 0 Å². The van der Waals surface area contributed by atoms with Crippen molar-refractivity contribution in [1.82, 2.24) is 10.2 Å². The molecule has 2 aromatic rings. The van der Waals surface area contributed by atoms with Crippen molar-refractivity contribution in [2.24, 2.45) is 0 Å². The first-order valence-corrected chi connectivity index (χ1v) is 10.1. The van der Waals surface area contributed by atoms with Crippen molar-refractivity contribution in [2.45, 2.75) is 32.7 Å². The Morgan fingerprint density at radius 2 is 1.89 bits per heavy atom. The maximum absolute atomic E-state index is 12.5. The summed E-state index contributed by atoms with van der Waals surface area (Å²) in [6.45, 7) is 6.27. The van der Waals surface area contributed by atoms with Gasteiger partial charge < -0.3 is 20.3 Å². The van der Waals surface area contributed by atoms with Crippen LogP contribution < -0.4 is 15.4 Å². The molecule has 6 heteroatoms. The zero-order valence-electron chi connectivity index (χ0n) is 16.4. The number of hydrogen-bond acceptors (Lipinski definition) is 3. The molecule has 0 bridgehead atoms.